The van der Waals surface area contributed by atoms with Gasteiger partial charge in [-0.3, -0.25) is 0 Å². The van der Waals surface area contributed by atoms with Crippen LogP contribution in [-0.4, -0.2) is 7.11 Å². The number of benzene rings is 2. The van der Waals surface area contributed by atoms with Crippen LogP contribution in [0.4, 0.5) is 8.78 Å². The first-order chi connectivity index (χ1) is 15.6. The molecule has 0 unspecified atom stereocenters. The molecule has 1 nitrogen and oxygen atoms in total. The van der Waals surface area contributed by atoms with E-state index in [0.29, 0.717) is 29.0 Å². The molecule has 0 radical (unpaired) electrons. The Bertz CT molecular complexity index is 905. The summed E-state index contributed by atoms with van der Waals surface area (Å²) in [6.07, 6.45) is 16.9. The molecule has 2 aliphatic carbocycles. The van der Waals surface area contributed by atoms with Crippen molar-refractivity contribution in [2.24, 2.45) is 23.7 Å². The summed E-state index contributed by atoms with van der Waals surface area (Å²) in [5.41, 5.74) is 0.514. The zero-order valence-electron chi connectivity index (χ0n) is 19.6. The van der Waals surface area contributed by atoms with Gasteiger partial charge in [0.05, 0.1) is 7.11 Å². The summed E-state index contributed by atoms with van der Waals surface area (Å²) >= 11 is 0. The third kappa shape index (κ3) is 5.35. The fraction of sp³-hybridized carbons (Fsp3) is 0.586. The minimum absolute atomic E-state index is 0.297. The molecule has 0 aromatic heterocycles. The summed E-state index contributed by atoms with van der Waals surface area (Å²) in [6, 6.07) is 7.02. The number of hydrogen-bond acceptors (Lipinski definition) is 1. The molecule has 0 aliphatic heterocycles. The van der Waals surface area contributed by atoms with Gasteiger partial charge in [-0.05, 0) is 104 Å². The lowest BCUT2D eigenvalue weighted by atomic mass is 9.68. The van der Waals surface area contributed by atoms with Gasteiger partial charge in [-0.25, -0.2) is 8.78 Å². The van der Waals surface area contributed by atoms with Crippen LogP contribution in [-0.2, 0) is 6.42 Å². The largest absolute Gasteiger partial charge is 0.497 e. The number of ether oxygens (including phenoxy) is 1. The highest BCUT2D eigenvalue weighted by atomic mass is 19.2. The molecule has 0 N–H and O–H groups in total. The average molecular weight is 441 g/mol. The second-order valence-electron chi connectivity index (χ2n) is 10.2. The summed E-state index contributed by atoms with van der Waals surface area (Å²) in [4.78, 5) is 0. The highest BCUT2D eigenvalue weighted by Gasteiger charge is 2.30. The molecule has 0 atom stereocenters. The normalized spacial score (nSPS) is 26.2. The number of methoxy groups -OCH3 is 1. The van der Waals surface area contributed by atoms with Crippen LogP contribution in [0, 0.1) is 35.3 Å². The van der Waals surface area contributed by atoms with Gasteiger partial charge in [0.25, 0.3) is 0 Å². The maximum absolute atomic E-state index is 14.7. The fourth-order valence-corrected chi connectivity index (χ4v) is 6.28. The zero-order valence-corrected chi connectivity index (χ0v) is 19.6. The maximum Gasteiger partial charge on any atom is 0.167 e. The van der Waals surface area contributed by atoms with Crippen molar-refractivity contribution in [2.45, 2.75) is 77.0 Å². The highest BCUT2D eigenvalue weighted by Crippen LogP contribution is 2.43. The van der Waals surface area contributed by atoms with Gasteiger partial charge in [0.1, 0.15) is 5.75 Å². The van der Waals surface area contributed by atoms with Crippen molar-refractivity contribution >= 4 is 10.8 Å². The Morgan fingerprint density at radius 2 is 1.50 bits per heavy atom. The first kappa shape index (κ1) is 23.3. The summed E-state index contributed by atoms with van der Waals surface area (Å²) in [5, 5.41) is 1.04. The monoisotopic (exact) mass is 440 g/mol. The molecule has 4 rings (SSSR count). The van der Waals surface area contributed by atoms with Gasteiger partial charge in [-0.1, -0.05) is 37.8 Å². The Hall–Kier alpha value is -1.90. The zero-order chi connectivity index (χ0) is 22.5. The third-order valence-corrected chi connectivity index (χ3v) is 8.35. The van der Waals surface area contributed by atoms with Crippen LogP contribution in [0.2, 0.25) is 0 Å². The van der Waals surface area contributed by atoms with E-state index in [4.69, 9.17) is 4.74 Å². The minimum atomic E-state index is -0.746. The topological polar surface area (TPSA) is 9.23 Å². The van der Waals surface area contributed by atoms with Crippen molar-refractivity contribution in [3.63, 3.8) is 0 Å². The maximum atomic E-state index is 14.7. The fourth-order valence-electron chi connectivity index (χ4n) is 6.28. The lowest BCUT2D eigenvalue weighted by molar-refractivity contribution is 0.141. The van der Waals surface area contributed by atoms with Gasteiger partial charge in [0, 0.05) is 5.39 Å². The van der Waals surface area contributed by atoms with Crippen LogP contribution in [0.25, 0.3) is 10.8 Å². The molecule has 2 saturated carbocycles. The summed E-state index contributed by atoms with van der Waals surface area (Å²) in [7, 11) is 1.54. The number of fused-ring (bicyclic) bond motifs is 1. The second kappa shape index (κ2) is 10.8. The first-order valence-corrected chi connectivity index (χ1v) is 12.6. The molecule has 0 saturated heterocycles. The highest BCUT2D eigenvalue weighted by molar-refractivity contribution is 5.85. The van der Waals surface area contributed by atoms with E-state index in [0.717, 1.165) is 36.0 Å². The molecule has 0 bridgehead atoms. The quantitative estimate of drug-likeness (QED) is 0.373. The molecule has 2 fully saturated rings. The van der Waals surface area contributed by atoms with Crippen LogP contribution in [0.15, 0.2) is 36.9 Å². The van der Waals surface area contributed by atoms with Crippen LogP contribution in [0.5, 0.6) is 5.75 Å². The second-order valence-corrected chi connectivity index (χ2v) is 10.2. The van der Waals surface area contributed by atoms with E-state index >= 15 is 0 Å². The number of halogens is 2. The Labute approximate surface area is 192 Å². The van der Waals surface area contributed by atoms with E-state index in [-0.39, 0.29) is 0 Å². The molecule has 32 heavy (non-hydrogen) atoms. The third-order valence-electron chi connectivity index (χ3n) is 8.35. The van der Waals surface area contributed by atoms with Gasteiger partial charge in [-0.2, -0.15) is 0 Å². The molecule has 2 aromatic rings. The van der Waals surface area contributed by atoms with Crippen LogP contribution in [0.3, 0.4) is 0 Å². The van der Waals surface area contributed by atoms with Gasteiger partial charge in [0.15, 0.2) is 11.6 Å². The lowest BCUT2D eigenvalue weighted by Gasteiger charge is -2.38. The van der Waals surface area contributed by atoms with Crippen LogP contribution < -0.4 is 4.74 Å². The predicted molar refractivity (Wildman–Crippen MR) is 129 cm³/mol. The molecule has 0 spiro atoms. The molecule has 2 aromatic carbocycles. The molecule has 3 heteroatoms. The van der Waals surface area contributed by atoms with Crippen molar-refractivity contribution in [3.8, 4) is 5.75 Å². The van der Waals surface area contributed by atoms with Crippen molar-refractivity contribution in [2.75, 3.05) is 7.11 Å². The first-order valence-electron chi connectivity index (χ1n) is 12.6. The van der Waals surface area contributed by atoms with Gasteiger partial charge in [-0.15, -0.1) is 6.58 Å². The SMILES string of the molecule is C=CCCC1CCC(C2CCC(CCc3cc4ccc(OC)cc4c(F)c3F)CC2)CC1. The van der Waals surface area contributed by atoms with Crippen molar-refractivity contribution in [3.05, 3.63) is 54.1 Å². The smallest absolute Gasteiger partial charge is 0.167 e. The van der Waals surface area contributed by atoms with Crippen LogP contribution in [0.1, 0.15) is 76.2 Å². The average Bonchev–Trinajstić information content (AvgIpc) is 2.84. The molecule has 0 heterocycles. The molecular formula is C29H38F2O. The molecular weight excluding hydrogens is 402 g/mol. The molecule has 174 valence electrons. The standard InChI is InChI=1S/C29H38F2O/c1-3-4-5-20-6-11-22(12-7-20)23-13-8-21(9-14-23)10-15-25-18-24-16-17-26(32-2)19-27(24)29(31)28(25)30/h3,16-23H,1,4-15H2,2H3. The van der Waals surface area contributed by atoms with Crippen LogP contribution >= 0.6 is 0 Å². The van der Waals surface area contributed by atoms with Crippen molar-refractivity contribution in [1.29, 1.82) is 0 Å². The van der Waals surface area contributed by atoms with Gasteiger partial charge < -0.3 is 4.74 Å². The van der Waals surface area contributed by atoms with E-state index in [1.54, 1.807) is 12.1 Å². The summed E-state index contributed by atoms with van der Waals surface area (Å²) in [6.45, 7) is 3.86. The Balaban J connectivity index is 1.28. The van der Waals surface area contributed by atoms with Crippen molar-refractivity contribution in [1.82, 2.24) is 0 Å². The van der Waals surface area contributed by atoms with E-state index in [2.05, 4.69) is 12.7 Å². The van der Waals surface area contributed by atoms with Gasteiger partial charge in [0.2, 0.25) is 0 Å². The summed E-state index contributed by atoms with van der Waals surface area (Å²) in [5.74, 6) is 2.47. The number of rotatable bonds is 8. The minimum Gasteiger partial charge on any atom is -0.497 e. The van der Waals surface area contributed by atoms with E-state index in [1.807, 2.05) is 12.1 Å². The Kier molecular flexibility index (Phi) is 7.86. The lowest BCUT2D eigenvalue weighted by Crippen LogP contribution is -2.26. The van der Waals surface area contributed by atoms with Crippen molar-refractivity contribution < 1.29 is 13.5 Å². The van der Waals surface area contributed by atoms with E-state index < -0.39 is 11.6 Å². The Morgan fingerprint density at radius 3 is 2.09 bits per heavy atom. The predicted octanol–water partition coefficient (Wildman–Crippen LogP) is 8.64. The van der Waals surface area contributed by atoms with E-state index in [9.17, 15) is 8.78 Å². The van der Waals surface area contributed by atoms with E-state index in [1.165, 1.54) is 64.9 Å². The Morgan fingerprint density at radius 1 is 0.875 bits per heavy atom. The number of aryl methyl sites for hydroxylation is 1. The molecule has 2 aliphatic rings. The number of allylic oxidation sites excluding steroid dienone is 1. The van der Waals surface area contributed by atoms with Gasteiger partial charge >= 0.3 is 0 Å². The number of hydrogen-bond donors (Lipinski definition) is 0. The molecule has 0 amide bonds. The summed E-state index contributed by atoms with van der Waals surface area (Å²) < 4.78 is 34.5.